The predicted molar refractivity (Wildman–Crippen MR) is 132 cm³/mol. The molecule has 0 saturated heterocycles. The van der Waals surface area contributed by atoms with Crippen LogP contribution in [0.2, 0.25) is 0 Å². The zero-order chi connectivity index (χ0) is 22.6. The molecule has 0 bridgehead atoms. The standard InChI is InChI=1S/C28H23FN4/c1-19-16-22(11-14-30-19)21-8-6-20(7-9-21)10-13-31-28-25-18-33-27(17-23(25)12-15-32-28)24-4-2-3-5-26(24)29/h2-9,11-12,14-18H,10,13H2,1H3,(H,31,32). The van der Waals surface area contributed by atoms with E-state index in [2.05, 4.69) is 50.6 Å². The molecule has 5 heteroatoms. The average Bonchev–Trinajstić information content (AvgIpc) is 2.84. The van der Waals surface area contributed by atoms with Crippen molar-refractivity contribution in [3.8, 4) is 22.4 Å². The van der Waals surface area contributed by atoms with Crippen LogP contribution >= 0.6 is 0 Å². The molecule has 0 radical (unpaired) electrons. The molecule has 0 fully saturated rings. The summed E-state index contributed by atoms with van der Waals surface area (Å²) in [5.74, 6) is 0.505. The summed E-state index contributed by atoms with van der Waals surface area (Å²) in [4.78, 5) is 13.2. The molecule has 33 heavy (non-hydrogen) atoms. The number of nitrogens with zero attached hydrogens (tertiary/aromatic N) is 3. The van der Waals surface area contributed by atoms with Gasteiger partial charge in [-0.2, -0.15) is 0 Å². The highest BCUT2D eigenvalue weighted by molar-refractivity contribution is 5.93. The minimum absolute atomic E-state index is 0.276. The van der Waals surface area contributed by atoms with Crippen molar-refractivity contribution in [1.82, 2.24) is 15.0 Å². The topological polar surface area (TPSA) is 50.7 Å². The quantitative estimate of drug-likeness (QED) is 0.333. The number of hydrogen-bond donors (Lipinski definition) is 1. The fourth-order valence-electron chi connectivity index (χ4n) is 3.94. The number of halogens is 1. The zero-order valence-corrected chi connectivity index (χ0v) is 18.3. The van der Waals surface area contributed by atoms with Crippen LogP contribution in [0, 0.1) is 12.7 Å². The molecule has 0 aliphatic carbocycles. The first-order valence-corrected chi connectivity index (χ1v) is 10.9. The van der Waals surface area contributed by atoms with Crippen molar-refractivity contribution in [1.29, 1.82) is 0 Å². The van der Waals surface area contributed by atoms with Gasteiger partial charge in [-0.05, 0) is 71.8 Å². The molecule has 162 valence electrons. The van der Waals surface area contributed by atoms with E-state index in [4.69, 9.17) is 0 Å². The van der Waals surface area contributed by atoms with E-state index in [0.717, 1.165) is 35.2 Å². The third-order valence-electron chi connectivity index (χ3n) is 5.69. The number of anilines is 1. The van der Waals surface area contributed by atoms with Crippen molar-refractivity contribution in [3.63, 3.8) is 0 Å². The van der Waals surface area contributed by atoms with Gasteiger partial charge in [-0.3, -0.25) is 9.97 Å². The lowest BCUT2D eigenvalue weighted by Crippen LogP contribution is -2.07. The van der Waals surface area contributed by atoms with E-state index >= 15 is 0 Å². The molecule has 3 heterocycles. The molecule has 4 nitrogen and oxygen atoms in total. The van der Waals surface area contributed by atoms with Crippen LogP contribution < -0.4 is 5.32 Å². The van der Waals surface area contributed by atoms with Gasteiger partial charge in [0.1, 0.15) is 11.6 Å². The molecule has 0 aliphatic rings. The van der Waals surface area contributed by atoms with Crippen LogP contribution in [-0.2, 0) is 6.42 Å². The van der Waals surface area contributed by atoms with Crippen LogP contribution in [-0.4, -0.2) is 21.5 Å². The predicted octanol–water partition coefficient (Wildman–Crippen LogP) is 6.46. The van der Waals surface area contributed by atoms with Crippen LogP contribution in [0.3, 0.4) is 0 Å². The first kappa shape index (κ1) is 20.8. The van der Waals surface area contributed by atoms with Gasteiger partial charge in [0.25, 0.3) is 0 Å². The Kier molecular flexibility index (Phi) is 5.77. The second kappa shape index (κ2) is 9.17. The number of pyridine rings is 3. The molecule has 0 saturated carbocycles. The number of aryl methyl sites for hydroxylation is 1. The third kappa shape index (κ3) is 4.58. The monoisotopic (exact) mass is 434 g/mol. The van der Waals surface area contributed by atoms with E-state index < -0.39 is 0 Å². The van der Waals surface area contributed by atoms with E-state index in [1.165, 1.54) is 22.8 Å². The number of fused-ring (bicyclic) bond motifs is 1. The Morgan fingerprint density at radius 3 is 2.45 bits per heavy atom. The Bertz CT molecular complexity index is 1410. The molecule has 1 N–H and O–H groups in total. The van der Waals surface area contributed by atoms with Crippen LogP contribution in [0.1, 0.15) is 11.3 Å². The van der Waals surface area contributed by atoms with Crippen molar-refractivity contribution in [2.24, 2.45) is 0 Å². The molecule has 0 unspecified atom stereocenters. The molecule has 3 aromatic heterocycles. The average molecular weight is 435 g/mol. The molecule has 5 rings (SSSR count). The van der Waals surface area contributed by atoms with Gasteiger partial charge in [-0.15, -0.1) is 0 Å². The first-order chi connectivity index (χ1) is 16.2. The van der Waals surface area contributed by atoms with Gasteiger partial charge < -0.3 is 5.32 Å². The molecular weight excluding hydrogens is 411 g/mol. The maximum absolute atomic E-state index is 14.2. The zero-order valence-electron chi connectivity index (χ0n) is 18.3. The Morgan fingerprint density at radius 1 is 0.818 bits per heavy atom. The smallest absolute Gasteiger partial charge is 0.135 e. The summed E-state index contributed by atoms with van der Waals surface area (Å²) in [6, 6.07) is 23.2. The summed E-state index contributed by atoms with van der Waals surface area (Å²) in [5, 5.41) is 5.31. The van der Waals surface area contributed by atoms with Gasteiger partial charge >= 0.3 is 0 Å². The van der Waals surface area contributed by atoms with Crippen LogP contribution in [0.4, 0.5) is 10.2 Å². The van der Waals surface area contributed by atoms with Gasteiger partial charge in [-0.1, -0.05) is 36.4 Å². The fraction of sp³-hybridized carbons (Fsp3) is 0.107. The number of rotatable bonds is 6. The lowest BCUT2D eigenvalue weighted by atomic mass is 10.0. The van der Waals surface area contributed by atoms with Gasteiger partial charge in [-0.25, -0.2) is 9.37 Å². The van der Waals surface area contributed by atoms with E-state index in [1.54, 1.807) is 24.5 Å². The fourth-order valence-corrected chi connectivity index (χ4v) is 3.94. The summed E-state index contributed by atoms with van der Waals surface area (Å²) in [6.45, 7) is 2.75. The maximum Gasteiger partial charge on any atom is 0.135 e. The Labute approximate surface area is 192 Å². The molecule has 0 amide bonds. The van der Waals surface area contributed by atoms with Crippen LogP contribution in [0.25, 0.3) is 33.2 Å². The normalized spacial score (nSPS) is 11.0. The first-order valence-electron chi connectivity index (χ1n) is 10.9. The number of aromatic nitrogens is 3. The minimum atomic E-state index is -0.276. The van der Waals surface area contributed by atoms with Crippen molar-refractivity contribution in [2.75, 3.05) is 11.9 Å². The van der Waals surface area contributed by atoms with Crippen molar-refractivity contribution < 1.29 is 4.39 Å². The molecular formula is C28H23FN4. The maximum atomic E-state index is 14.2. The number of nitrogens with one attached hydrogen (secondary N) is 1. The van der Waals surface area contributed by atoms with Gasteiger partial charge in [0.15, 0.2) is 0 Å². The molecule has 0 atom stereocenters. The van der Waals surface area contributed by atoms with E-state index in [1.807, 2.05) is 37.4 Å². The highest BCUT2D eigenvalue weighted by atomic mass is 19.1. The largest absolute Gasteiger partial charge is 0.369 e. The second-order valence-corrected chi connectivity index (χ2v) is 7.99. The highest BCUT2D eigenvalue weighted by Gasteiger charge is 2.09. The van der Waals surface area contributed by atoms with Crippen molar-refractivity contribution in [3.05, 3.63) is 108 Å². The molecule has 2 aromatic carbocycles. The lowest BCUT2D eigenvalue weighted by Gasteiger charge is -2.10. The second-order valence-electron chi connectivity index (χ2n) is 7.99. The summed E-state index contributed by atoms with van der Waals surface area (Å²) < 4.78 is 14.2. The minimum Gasteiger partial charge on any atom is -0.369 e. The van der Waals surface area contributed by atoms with Gasteiger partial charge in [0.2, 0.25) is 0 Å². The summed E-state index contributed by atoms with van der Waals surface area (Å²) in [5.41, 5.74) is 5.73. The Morgan fingerprint density at radius 2 is 1.64 bits per heavy atom. The van der Waals surface area contributed by atoms with E-state index in [-0.39, 0.29) is 5.82 Å². The lowest BCUT2D eigenvalue weighted by molar-refractivity contribution is 0.631. The third-order valence-corrected chi connectivity index (χ3v) is 5.69. The van der Waals surface area contributed by atoms with Gasteiger partial charge in [0.05, 0.1) is 5.69 Å². The van der Waals surface area contributed by atoms with Crippen molar-refractivity contribution >= 4 is 16.6 Å². The van der Waals surface area contributed by atoms with E-state index in [9.17, 15) is 4.39 Å². The summed E-state index contributed by atoms with van der Waals surface area (Å²) in [6.07, 6.45) is 6.24. The molecule has 0 aliphatic heterocycles. The van der Waals surface area contributed by atoms with E-state index in [0.29, 0.717) is 11.3 Å². The van der Waals surface area contributed by atoms with Crippen molar-refractivity contribution in [2.45, 2.75) is 13.3 Å². The summed E-state index contributed by atoms with van der Waals surface area (Å²) >= 11 is 0. The highest BCUT2D eigenvalue weighted by Crippen LogP contribution is 2.27. The number of hydrogen-bond acceptors (Lipinski definition) is 4. The number of benzene rings is 2. The molecule has 0 spiro atoms. The SMILES string of the molecule is Cc1cc(-c2ccc(CCNc3nccc4cc(-c5ccccc5F)ncc34)cc2)ccn1. The Hall–Kier alpha value is -4.12. The summed E-state index contributed by atoms with van der Waals surface area (Å²) in [7, 11) is 0. The van der Waals surface area contributed by atoms with Crippen LogP contribution in [0.15, 0.2) is 91.4 Å². The van der Waals surface area contributed by atoms with Gasteiger partial charge in [0, 0.05) is 41.8 Å². The molecule has 5 aromatic rings. The Balaban J connectivity index is 1.28. The van der Waals surface area contributed by atoms with Crippen LogP contribution in [0.5, 0.6) is 0 Å².